The van der Waals surface area contributed by atoms with Crippen LogP contribution in [0.4, 0.5) is 16.2 Å². The van der Waals surface area contributed by atoms with Crippen molar-refractivity contribution in [1.82, 2.24) is 4.98 Å². The lowest BCUT2D eigenvalue weighted by molar-refractivity contribution is 0.262. The van der Waals surface area contributed by atoms with Crippen LogP contribution in [0.25, 0.3) is 10.9 Å². The lowest BCUT2D eigenvalue weighted by Crippen LogP contribution is -2.19. The van der Waals surface area contributed by atoms with Gasteiger partial charge in [-0.3, -0.25) is 4.98 Å². The fourth-order valence-electron chi connectivity index (χ4n) is 2.32. The van der Waals surface area contributed by atoms with Crippen molar-refractivity contribution in [2.75, 3.05) is 10.6 Å². The maximum absolute atomic E-state index is 12.2. The second-order valence-electron chi connectivity index (χ2n) is 5.07. The number of carbonyl (C=O) groups is 1. The molecule has 0 spiro atoms. The molecule has 1 heterocycles. The van der Waals surface area contributed by atoms with E-state index in [4.69, 9.17) is 23.2 Å². The van der Waals surface area contributed by atoms with Crippen LogP contribution in [0.3, 0.4) is 0 Å². The summed E-state index contributed by atoms with van der Waals surface area (Å²) in [6.07, 6.45) is 0. The number of aromatic nitrogens is 1. The number of nitrogens with one attached hydrogen (secondary N) is 2. The third-order valence-corrected chi connectivity index (χ3v) is 3.65. The van der Waals surface area contributed by atoms with Crippen LogP contribution in [0.15, 0.2) is 48.5 Å². The van der Waals surface area contributed by atoms with Crippen LogP contribution in [-0.4, -0.2) is 11.0 Å². The Kier molecular flexibility index (Phi) is 4.37. The van der Waals surface area contributed by atoms with Crippen molar-refractivity contribution in [1.29, 1.82) is 0 Å². The zero-order valence-corrected chi connectivity index (χ0v) is 13.7. The lowest BCUT2D eigenvalue weighted by atomic mass is 10.1. The van der Waals surface area contributed by atoms with Gasteiger partial charge in [0.2, 0.25) is 0 Å². The lowest BCUT2D eigenvalue weighted by Gasteiger charge is -2.11. The molecule has 0 saturated heterocycles. The first-order valence-electron chi connectivity index (χ1n) is 6.92. The van der Waals surface area contributed by atoms with E-state index in [1.54, 1.807) is 18.2 Å². The molecule has 0 saturated carbocycles. The van der Waals surface area contributed by atoms with Gasteiger partial charge in [-0.2, -0.15) is 0 Å². The van der Waals surface area contributed by atoms with Crippen LogP contribution in [-0.2, 0) is 0 Å². The minimum Gasteiger partial charge on any atom is -0.308 e. The van der Waals surface area contributed by atoms with E-state index in [-0.39, 0.29) is 6.03 Å². The van der Waals surface area contributed by atoms with Crippen LogP contribution in [0.1, 0.15) is 5.69 Å². The van der Waals surface area contributed by atoms with Gasteiger partial charge < -0.3 is 10.6 Å². The molecule has 2 amide bonds. The summed E-state index contributed by atoms with van der Waals surface area (Å²) < 4.78 is 0. The van der Waals surface area contributed by atoms with Crippen molar-refractivity contribution >= 4 is 51.5 Å². The molecule has 0 bridgehead atoms. The first-order chi connectivity index (χ1) is 11.0. The summed E-state index contributed by atoms with van der Waals surface area (Å²) in [5, 5.41) is 7.34. The number of hydrogen-bond donors (Lipinski definition) is 2. The van der Waals surface area contributed by atoms with Gasteiger partial charge in [0.15, 0.2) is 0 Å². The van der Waals surface area contributed by atoms with Gasteiger partial charge in [0.05, 0.1) is 11.2 Å². The molecule has 116 valence electrons. The SMILES string of the molecule is Cc1cc(NC(=O)Nc2cc(Cl)cc(Cl)c2)c2ccccc2n1. The Morgan fingerprint density at radius 1 is 1.00 bits per heavy atom. The molecule has 0 atom stereocenters. The van der Waals surface area contributed by atoms with Gasteiger partial charge in [-0.15, -0.1) is 0 Å². The molecule has 3 rings (SSSR count). The van der Waals surface area contributed by atoms with Gasteiger partial charge >= 0.3 is 6.03 Å². The first-order valence-corrected chi connectivity index (χ1v) is 7.67. The number of urea groups is 1. The average Bonchev–Trinajstić information content (AvgIpc) is 2.45. The topological polar surface area (TPSA) is 54.0 Å². The molecular formula is C17H13Cl2N3O. The van der Waals surface area contributed by atoms with Crippen LogP contribution in [0.2, 0.25) is 10.0 Å². The van der Waals surface area contributed by atoms with E-state index >= 15 is 0 Å². The third-order valence-electron chi connectivity index (χ3n) is 3.21. The van der Waals surface area contributed by atoms with Gasteiger partial charge in [0, 0.05) is 26.8 Å². The maximum Gasteiger partial charge on any atom is 0.323 e. The molecule has 1 aromatic heterocycles. The first kappa shape index (κ1) is 15.6. The van der Waals surface area contributed by atoms with Gasteiger partial charge in [0.1, 0.15) is 0 Å². The molecule has 0 radical (unpaired) electrons. The molecular weight excluding hydrogens is 333 g/mol. The highest BCUT2D eigenvalue weighted by Gasteiger charge is 2.08. The quantitative estimate of drug-likeness (QED) is 0.644. The number of para-hydroxylation sites is 1. The molecule has 2 aromatic carbocycles. The van der Waals surface area contributed by atoms with Crippen LogP contribution >= 0.6 is 23.2 Å². The standard InChI is InChI=1S/C17H13Cl2N3O/c1-10-6-16(14-4-2-3-5-15(14)20-10)22-17(23)21-13-8-11(18)7-12(19)9-13/h2-9H,1H3,(H2,20,21,22,23). The number of amides is 2. The number of nitrogens with zero attached hydrogens (tertiary/aromatic N) is 1. The van der Waals surface area contributed by atoms with Gasteiger partial charge in [-0.25, -0.2) is 4.79 Å². The largest absolute Gasteiger partial charge is 0.323 e. The highest BCUT2D eigenvalue weighted by atomic mass is 35.5. The van der Waals surface area contributed by atoms with Crippen molar-refractivity contribution in [3.63, 3.8) is 0 Å². The van der Waals surface area contributed by atoms with E-state index in [2.05, 4.69) is 15.6 Å². The Bertz CT molecular complexity index is 876. The summed E-state index contributed by atoms with van der Waals surface area (Å²) in [5.74, 6) is 0. The molecule has 0 unspecified atom stereocenters. The number of rotatable bonds is 2. The predicted molar refractivity (Wildman–Crippen MR) is 95.6 cm³/mol. The Morgan fingerprint density at radius 3 is 2.43 bits per heavy atom. The molecule has 0 aliphatic carbocycles. The summed E-state index contributed by atoms with van der Waals surface area (Å²) in [7, 11) is 0. The van der Waals surface area contributed by atoms with E-state index in [1.165, 1.54) is 0 Å². The van der Waals surface area contributed by atoms with Gasteiger partial charge in [-0.1, -0.05) is 41.4 Å². The average molecular weight is 346 g/mol. The van der Waals surface area contributed by atoms with Crippen molar-refractivity contribution < 1.29 is 4.79 Å². The number of anilines is 2. The van der Waals surface area contributed by atoms with Crippen LogP contribution < -0.4 is 10.6 Å². The van der Waals surface area contributed by atoms with Crippen molar-refractivity contribution in [3.8, 4) is 0 Å². The second kappa shape index (κ2) is 6.44. The summed E-state index contributed by atoms with van der Waals surface area (Å²) in [4.78, 5) is 16.7. The van der Waals surface area contributed by atoms with E-state index in [9.17, 15) is 4.79 Å². The third kappa shape index (κ3) is 3.73. The summed E-state index contributed by atoms with van der Waals surface area (Å²) in [5.41, 5.74) is 2.87. The minimum atomic E-state index is -0.376. The monoisotopic (exact) mass is 345 g/mol. The molecule has 0 fully saturated rings. The Labute approximate surface area is 143 Å². The molecule has 6 heteroatoms. The minimum absolute atomic E-state index is 0.376. The fourth-order valence-corrected chi connectivity index (χ4v) is 2.85. The van der Waals surface area contributed by atoms with Crippen LogP contribution in [0.5, 0.6) is 0 Å². The van der Waals surface area contributed by atoms with Crippen molar-refractivity contribution in [2.24, 2.45) is 0 Å². The number of fused-ring (bicyclic) bond motifs is 1. The smallest absolute Gasteiger partial charge is 0.308 e. The number of pyridine rings is 1. The predicted octanol–water partition coefficient (Wildman–Crippen LogP) is 5.49. The molecule has 4 nitrogen and oxygen atoms in total. The van der Waals surface area contributed by atoms with Crippen molar-refractivity contribution in [2.45, 2.75) is 6.92 Å². The Morgan fingerprint density at radius 2 is 1.70 bits per heavy atom. The number of aryl methyl sites for hydroxylation is 1. The number of halogens is 2. The zero-order valence-electron chi connectivity index (χ0n) is 12.2. The summed E-state index contributed by atoms with van der Waals surface area (Å²) >= 11 is 11.9. The Balaban J connectivity index is 1.85. The van der Waals surface area contributed by atoms with E-state index in [1.807, 2.05) is 37.3 Å². The molecule has 23 heavy (non-hydrogen) atoms. The van der Waals surface area contributed by atoms with E-state index < -0.39 is 0 Å². The molecule has 0 aliphatic rings. The molecule has 3 aromatic rings. The van der Waals surface area contributed by atoms with Crippen LogP contribution in [0, 0.1) is 6.92 Å². The number of hydrogen-bond acceptors (Lipinski definition) is 2. The molecule has 0 aliphatic heterocycles. The fraction of sp³-hybridized carbons (Fsp3) is 0.0588. The zero-order chi connectivity index (χ0) is 16.4. The summed E-state index contributed by atoms with van der Waals surface area (Å²) in [6.45, 7) is 1.88. The highest BCUT2D eigenvalue weighted by molar-refractivity contribution is 6.35. The van der Waals surface area contributed by atoms with Crippen molar-refractivity contribution in [3.05, 3.63) is 64.3 Å². The number of carbonyl (C=O) groups excluding carboxylic acids is 1. The van der Waals surface area contributed by atoms with E-state index in [0.717, 1.165) is 16.6 Å². The van der Waals surface area contributed by atoms with Gasteiger partial charge in [-0.05, 0) is 37.3 Å². The summed E-state index contributed by atoms with van der Waals surface area (Å²) in [6, 6.07) is 13.9. The normalized spacial score (nSPS) is 10.6. The highest BCUT2D eigenvalue weighted by Crippen LogP contribution is 2.25. The number of benzene rings is 2. The molecule has 2 N–H and O–H groups in total. The van der Waals surface area contributed by atoms with Gasteiger partial charge in [0.25, 0.3) is 0 Å². The maximum atomic E-state index is 12.2. The Hall–Kier alpha value is -2.30. The van der Waals surface area contributed by atoms with E-state index in [0.29, 0.717) is 21.4 Å². The second-order valence-corrected chi connectivity index (χ2v) is 5.94.